The molecule has 0 aromatic heterocycles. The molecule has 2 fully saturated rings. The molecule has 4 atom stereocenters. The second-order valence-electron chi connectivity index (χ2n) is 11.3. The maximum absolute atomic E-state index is 13.4. The molecule has 2 aliphatic rings. The van der Waals surface area contributed by atoms with Crippen molar-refractivity contribution in [2.45, 2.75) is 84.1 Å². The van der Waals surface area contributed by atoms with Gasteiger partial charge in [-0.25, -0.2) is 9.73 Å². The minimum atomic E-state index is -0.582. The highest BCUT2D eigenvalue weighted by Gasteiger charge is 2.35. The molecule has 2 heterocycles. The Hall–Kier alpha value is -3.51. The van der Waals surface area contributed by atoms with Gasteiger partial charge in [-0.15, -0.1) is 0 Å². The van der Waals surface area contributed by atoms with Crippen LogP contribution in [-0.2, 0) is 20.9 Å². The molecule has 0 saturated carbocycles. The third kappa shape index (κ3) is 10.6. The van der Waals surface area contributed by atoms with Crippen molar-refractivity contribution in [2.24, 2.45) is 0 Å². The third-order valence-corrected chi connectivity index (χ3v) is 8.14. The van der Waals surface area contributed by atoms with Crippen LogP contribution in [0.25, 0.3) is 0 Å². The van der Waals surface area contributed by atoms with E-state index in [0.29, 0.717) is 25.2 Å². The third-order valence-electron chi connectivity index (χ3n) is 8.14. The Balaban J connectivity index is 1.63. The topological polar surface area (TPSA) is 118 Å². The summed E-state index contributed by atoms with van der Waals surface area (Å²) in [7, 11) is 1.73. The van der Waals surface area contributed by atoms with Gasteiger partial charge >= 0.3 is 6.03 Å². The molecule has 0 spiro atoms. The highest BCUT2D eigenvalue weighted by molar-refractivity contribution is 5.89. The van der Waals surface area contributed by atoms with Crippen molar-refractivity contribution in [3.05, 3.63) is 65.9 Å². The van der Waals surface area contributed by atoms with Crippen LogP contribution in [0.3, 0.4) is 0 Å². The van der Waals surface area contributed by atoms with E-state index < -0.39 is 6.17 Å². The average Bonchev–Trinajstić information content (AvgIpc) is 3.41. The summed E-state index contributed by atoms with van der Waals surface area (Å²) in [4.78, 5) is 46.8. The molecule has 2 saturated heterocycles. The van der Waals surface area contributed by atoms with Gasteiger partial charge in [0.2, 0.25) is 5.91 Å². The molecule has 3 rings (SSSR count). The lowest BCUT2D eigenvalue weighted by Gasteiger charge is -2.29. The Morgan fingerprint density at radius 3 is 2.66 bits per heavy atom. The first-order chi connectivity index (χ1) is 21.3. The zero-order valence-electron chi connectivity index (χ0n) is 26.9. The number of rotatable bonds is 13. The Labute approximate surface area is 262 Å². The Morgan fingerprint density at radius 2 is 1.98 bits per heavy atom. The molecule has 2 aliphatic heterocycles. The van der Waals surface area contributed by atoms with Crippen LogP contribution in [0.5, 0.6) is 0 Å². The molecule has 11 nitrogen and oxygen atoms in total. The number of fused-ring (bicyclic) bond motifs is 1. The zero-order chi connectivity index (χ0) is 31.9. The van der Waals surface area contributed by atoms with Crippen molar-refractivity contribution in [2.75, 3.05) is 38.5 Å². The molecule has 4 unspecified atom stereocenters. The van der Waals surface area contributed by atoms with Gasteiger partial charge in [-0.1, -0.05) is 30.4 Å². The molecule has 11 heteroatoms. The first kappa shape index (κ1) is 35.0. The normalized spacial score (nSPS) is 22.2. The van der Waals surface area contributed by atoms with Crippen LogP contribution in [0.1, 0.15) is 58.9 Å². The van der Waals surface area contributed by atoms with E-state index in [-0.39, 0.29) is 36.6 Å². The summed E-state index contributed by atoms with van der Waals surface area (Å²) in [6, 6.07) is 7.66. The number of carbonyl (C=O) groups is 3. The molecule has 3 amide bonds. The largest absolute Gasteiger partial charge is 0.371 e. The summed E-state index contributed by atoms with van der Waals surface area (Å²) in [5.41, 5.74) is 5.90. The molecule has 4 N–H and O–H groups in total. The number of nitrogens with zero attached hydrogens (tertiary/aromatic N) is 3. The van der Waals surface area contributed by atoms with E-state index in [2.05, 4.69) is 58.4 Å². The van der Waals surface area contributed by atoms with Gasteiger partial charge in [0.1, 0.15) is 12.5 Å². The van der Waals surface area contributed by atoms with Gasteiger partial charge in [-0.05, 0) is 90.3 Å². The SMILES string of the molecule is C\C=C/C(=C\C=C\Cc1ccc(NC(=O)N2CCC3CCC(C)N3ONC(NC(=O)C(C)NC)C2)cc1)N(CC)CCC=O. The van der Waals surface area contributed by atoms with E-state index in [1.807, 2.05) is 48.4 Å². The van der Waals surface area contributed by atoms with Gasteiger partial charge in [-0.2, -0.15) is 10.5 Å². The minimum Gasteiger partial charge on any atom is -0.371 e. The number of hydrogen-bond acceptors (Lipinski definition) is 8. The number of amides is 3. The van der Waals surface area contributed by atoms with Crippen LogP contribution >= 0.6 is 0 Å². The molecule has 0 radical (unpaired) electrons. The van der Waals surface area contributed by atoms with E-state index >= 15 is 0 Å². The van der Waals surface area contributed by atoms with Crippen LogP contribution in [0.4, 0.5) is 10.5 Å². The van der Waals surface area contributed by atoms with Crippen molar-refractivity contribution in [3.8, 4) is 0 Å². The van der Waals surface area contributed by atoms with Crippen molar-refractivity contribution in [1.29, 1.82) is 0 Å². The second-order valence-corrected chi connectivity index (χ2v) is 11.3. The standard InChI is InChI=1S/C33H51N7O4/c1-6-11-29(38(7-2)21-10-23-41)13-9-8-12-27-15-17-28(18-16-27)35-33(43)39-22-20-30-19-14-25(3)40(30)44-37-31(24-39)36-32(42)26(4)34-5/h6,8-9,11,13,15-18,23,25-26,30-31,34,37H,7,10,12,14,19-22,24H2,1-5H3,(H,35,43)(H,36,42)/b9-8+,11-6-,29-13+. The number of anilines is 1. The highest BCUT2D eigenvalue weighted by Crippen LogP contribution is 2.27. The monoisotopic (exact) mass is 609 g/mol. The zero-order valence-corrected chi connectivity index (χ0v) is 26.9. The number of allylic oxidation sites excluding steroid dienone is 5. The van der Waals surface area contributed by atoms with Gasteiger partial charge in [0.15, 0.2) is 0 Å². The fourth-order valence-corrected chi connectivity index (χ4v) is 5.36. The predicted octanol–water partition coefficient (Wildman–Crippen LogP) is 3.73. The average molecular weight is 610 g/mol. The lowest BCUT2D eigenvalue weighted by Crippen LogP contribution is -2.57. The molecule has 1 aromatic carbocycles. The first-order valence-electron chi connectivity index (χ1n) is 15.8. The fraction of sp³-hybridized carbons (Fsp3) is 0.545. The number of hydroxylamine groups is 3. The minimum absolute atomic E-state index is 0.182. The number of urea groups is 1. The van der Waals surface area contributed by atoms with Crippen molar-refractivity contribution < 1.29 is 19.3 Å². The highest BCUT2D eigenvalue weighted by atomic mass is 16.8. The Kier molecular flexibility index (Phi) is 14.6. The first-order valence-corrected chi connectivity index (χ1v) is 15.8. The quantitative estimate of drug-likeness (QED) is 0.197. The van der Waals surface area contributed by atoms with Crippen LogP contribution in [-0.4, -0.2) is 90.6 Å². The summed E-state index contributed by atoms with van der Waals surface area (Å²) >= 11 is 0. The lowest BCUT2D eigenvalue weighted by atomic mass is 10.1. The van der Waals surface area contributed by atoms with Crippen LogP contribution in [0.2, 0.25) is 0 Å². The number of benzene rings is 1. The van der Waals surface area contributed by atoms with Gasteiger partial charge in [0, 0.05) is 49.5 Å². The lowest BCUT2D eigenvalue weighted by molar-refractivity contribution is -0.245. The molecule has 0 bridgehead atoms. The van der Waals surface area contributed by atoms with E-state index in [0.717, 1.165) is 49.8 Å². The summed E-state index contributed by atoms with van der Waals surface area (Å²) in [5.74, 6) is -0.182. The Morgan fingerprint density at radius 1 is 1.20 bits per heavy atom. The molecule has 242 valence electrons. The van der Waals surface area contributed by atoms with Gasteiger partial charge in [0.05, 0.1) is 12.6 Å². The summed E-state index contributed by atoms with van der Waals surface area (Å²) in [6.45, 7) is 10.3. The predicted molar refractivity (Wildman–Crippen MR) is 174 cm³/mol. The molecule has 44 heavy (non-hydrogen) atoms. The van der Waals surface area contributed by atoms with Crippen molar-refractivity contribution in [1.82, 2.24) is 31.0 Å². The maximum Gasteiger partial charge on any atom is 0.321 e. The summed E-state index contributed by atoms with van der Waals surface area (Å²) < 4.78 is 0. The van der Waals surface area contributed by atoms with Crippen LogP contribution < -0.4 is 21.4 Å². The smallest absolute Gasteiger partial charge is 0.321 e. The molecular weight excluding hydrogens is 558 g/mol. The second kappa shape index (κ2) is 18.3. The number of aldehydes is 1. The van der Waals surface area contributed by atoms with Gasteiger partial charge in [0.25, 0.3) is 0 Å². The van der Waals surface area contributed by atoms with E-state index in [1.54, 1.807) is 18.9 Å². The fourth-order valence-electron chi connectivity index (χ4n) is 5.36. The maximum atomic E-state index is 13.4. The molecule has 1 aromatic rings. The number of likely N-dealkylation sites (N-methyl/N-ethyl adjacent to an activating group) is 2. The molecular formula is C33H51N7O4. The Bertz CT molecular complexity index is 1150. The number of carbonyl (C=O) groups excluding carboxylic acids is 3. The van der Waals surface area contributed by atoms with Crippen LogP contribution in [0.15, 0.2) is 60.3 Å². The molecule has 0 aliphatic carbocycles. The van der Waals surface area contributed by atoms with E-state index in [4.69, 9.17) is 4.94 Å². The van der Waals surface area contributed by atoms with E-state index in [9.17, 15) is 14.4 Å². The summed E-state index contributed by atoms with van der Waals surface area (Å²) in [5, 5.41) is 10.9. The van der Waals surface area contributed by atoms with Crippen molar-refractivity contribution in [3.63, 3.8) is 0 Å². The van der Waals surface area contributed by atoms with Crippen LogP contribution in [0, 0.1) is 0 Å². The number of hydrogen-bond donors (Lipinski definition) is 4. The van der Waals surface area contributed by atoms with Crippen molar-refractivity contribution >= 4 is 23.9 Å². The summed E-state index contributed by atoms with van der Waals surface area (Å²) in [6.07, 6.45) is 14.6. The van der Waals surface area contributed by atoms with Gasteiger partial charge < -0.3 is 30.5 Å². The van der Waals surface area contributed by atoms with E-state index in [1.165, 1.54) is 0 Å². The number of nitrogens with one attached hydrogen (secondary N) is 4. The van der Waals surface area contributed by atoms with Gasteiger partial charge in [-0.3, -0.25) is 4.79 Å².